The molecule has 0 radical (unpaired) electrons. The summed E-state index contributed by atoms with van der Waals surface area (Å²) in [6.45, 7) is 0. The molecule has 2 heterocycles. The van der Waals surface area contributed by atoms with Gasteiger partial charge >= 0.3 is 0 Å². The Balaban J connectivity index is 1.53. The fourth-order valence-electron chi connectivity index (χ4n) is 2.71. The van der Waals surface area contributed by atoms with Crippen LogP contribution in [-0.2, 0) is 0 Å². The lowest BCUT2D eigenvalue weighted by Crippen LogP contribution is -2.11. The largest absolute Gasteiger partial charge is 0.497 e. The Morgan fingerprint density at radius 1 is 1.04 bits per heavy atom. The molecule has 4 rings (SSSR count). The third kappa shape index (κ3) is 3.61. The van der Waals surface area contributed by atoms with Gasteiger partial charge in [-0.15, -0.1) is 11.3 Å². The molecule has 0 unspecified atom stereocenters. The van der Waals surface area contributed by atoms with Crippen molar-refractivity contribution in [2.75, 3.05) is 12.4 Å². The standard InChI is InChI=1S/C21H16N2O3S/c1-25-16-9-7-15(8-10-16)18-13-27-21(22-18)23-20(24)19-17(11-12-26-19)14-5-3-2-4-6-14/h2-13H,1H3,(H,22,23,24). The van der Waals surface area contributed by atoms with Crippen LogP contribution in [-0.4, -0.2) is 18.0 Å². The summed E-state index contributed by atoms with van der Waals surface area (Å²) in [5.74, 6) is 0.727. The molecule has 2 aromatic heterocycles. The van der Waals surface area contributed by atoms with Crippen LogP contribution in [0, 0.1) is 0 Å². The van der Waals surface area contributed by atoms with E-state index in [4.69, 9.17) is 9.15 Å². The first-order valence-corrected chi connectivity index (χ1v) is 9.17. The third-order valence-electron chi connectivity index (χ3n) is 4.07. The number of anilines is 1. The Hall–Kier alpha value is -3.38. The van der Waals surface area contributed by atoms with E-state index >= 15 is 0 Å². The molecular weight excluding hydrogens is 360 g/mol. The summed E-state index contributed by atoms with van der Waals surface area (Å²) in [6.07, 6.45) is 1.52. The number of carbonyl (C=O) groups excluding carboxylic acids is 1. The van der Waals surface area contributed by atoms with Crippen LogP contribution >= 0.6 is 11.3 Å². The van der Waals surface area contributed by atoms with Crippen molar-refractivity contribution in [2.24, 2.45) is 0 Å². The predicted molar refractivity (Wildman–Crippen MR) is 106 cm³/mol. The maximum absolute atomic E-state index is 12.6. The van der Waals surface area contributed by atoms with E-state index in [1.54, 1.807) is 13.2 Å². The fourth-order valence-corrected chi connectivity index (χ4v) is 3.42. The number of nitrogens with zero attached hydrogens (tertiary/aromatic N) is 1. The number of ether oxygens (including phenoxy) is 1. The van der Waals surface area contributed by atoms with Crippen LogP contribution in [0.2, 0.25) is 0 Å². The number of benzene rings is 2. The van der Waals surface area contributed by atoms with Crippen molar-refractivity contribution in [3.05, 3.63) is 78.1 Å². The predicted octanol–water partition coefficient (Wildman–Crippen LogP) is 5.33. The van der Waals surface area contributed by atoms with Gasteiger partial charge in [-0.25, -0.2) is 4.98 Å². The number of rotatable bonds is 5. The molecular formula is C21H16N2O3S. The quantitative estimate of drug-likeness (QED) is 0.511. The maximum atomic E-state index is 12.6. The van der Waals surface area contributed by atoms with Crippen LogP contribution in [0.1, 0.15) is 10.6 Å². The van der Waals surface area contributed by atoms with Crippen molar-refractivity contribution in [1.29, 1.82) is 0 Å². The van der Waals surface area contributed by atoms with Gasteiger partial charge in [-0.05, 0) is 35.9 Å². The minimum absolute atomic E-state index is 0.266. The Morgan fingerprint density at radius 3 is 2.56 bits per heavy atom. The van der Waals surface area contributed by atoms with Crippen LogP contribution in [0.15, 0.2) is 76.7 Å². The number of thiazole rings is 1. The second-order valence-corrected chi connectivity index (χ2v) is 6.61. The summed E-state index contributed by atoms with van der Waals surface area (Å²) in [7, 11) is 1.63. The van der Waals surface area contributed by atoms with Crippen molar-refractivity contribution in [1.82, 2.24) is 4.98 Å². The van der Waals surface area contributed by atoms with Gasteiger partial charge in [0.05, 0.1) is 19.1 Å². The highest BCUT2D eigenvalue weighted by molar-refractivity contribution is 7.14. The number of nitrogens with one attached hydrogen (secondary N) is 1. The highest BCUT2D eigenvalue weighted by Gasteiger charge is 2.18. The van der Waals surface area contributed by atoms with Crippen LogP contribution in [0.5, 0.6) is 5.75 Å². The summed E-state index contributed by atoms with van der Waals surface area (Å²) >= 11 is 1.37. The molecule has 0 bridgehead atoms. The van der Waals surface area contributed by atoms with Gasteiger partial charge in [0.2, 0.25) is 0 Å². The van der Waals surface area contributed by atoms with Crippen LogP contribution < -0.4 is 10.1 Å². The SMILES string of the molecule is COc1ccc(-c2csc(NC(=O)c3occc3-c3ccccc3)n2)cc1. The Morgan fingerprint density at radius 2 is 1.81 bits per heavy atom. The zero-order chi connectivity index (χ0) is 18.6. The first kappa shape index (κ1) is 17.1. The molecule has 4 aromatic rings. The van der Waals surface area contributed by atoms with E-state index in [0.29, 0.717) is 5.13 Å². The fraction of sp³-hybridized carbons (Fsp3) is 0.0476. The van der Waals surface area contributed by atoms with Crippen molar-refractivity contribution in [3.63, 3.8) is 0 Å². The van der Waals surface area contributed by atoms with E-state index in [1.807, 2.05) is 60.0 Å². The van der Waals surface area contributed by atoms with Crippen molar-refractivity contribution in [2.45, 2.75) is 0 Å². The Kier molecular flexibility index (Phi) is 4.72. The average molecular weight is 376 g/mol. The lowest BCUT2D eigenvalue weighted by Gasteiger charge is -2.03. The van der Waals surface area contributed by atoms with E-state index in [1.165, 1.54) is 17.6 Å². The molecule has 0 aliphatic rings. The van der Waals surface area contributed by atoms with E-state index < -0.39 is 0 Å². The summed E-state index contributed by atoms with van der Waals surface area (Å²) in [6, 6.07) is 19.1. The minimum atomic E-state index is -0.325. The van der Waals surface area contributed by atoms with E-state index in [9.17, 15) is 4.79 Å². The number of furan rings is 1. The zero-order valence-corrected chi connectivity index (χ0v) is 15.3. The van der Waals surface area contributed by atoms with Gasteiger partial charge in [0.25, 0.3) is 5.91 Å². The average Bonchev–Trinajstić information content (AvgIpc) is 3.38. The highest BCUT2D eigenvalue weighted by atomic mass is 32.1. The molecule has 0 spiro atoms. The van der Waals surface area contributed by atoms with Crippen LogP contribution in [0.4, 0.5) is 5.13 Å². The number of carbonyl (C=O) groups is 1. The Labute approximate surface area is 160 Å². The summed E-state index contributed by atoms with van der Waals surface area (Å²) < 4.78 is 10.6. The first-order valence-electron chi connectivity index (χ1n) is 8.29. The van der Waals surface area contributed by atoms with E-state index in [0.717, 1.165) is 28.1 Å². The molecule has 0 aliphatic heterocycles. The second kappa shape index (κ2) is 7.47. The molecule has 0 aliphatic carbocycles. The molecule has 2 aromatic carbocycles. The molecule has 134 valence electrons. The number of amides is 1. The number of methoxy groups -OCH3 is 1. The van der Waals surface area contributed by atoms with Crippen molar-refractivity contribution >= 4 is 22.4 Å². The second-order valence-electron chi connectivity index (χ2n) is 5.75. The van der Waals surface area contributed by atoms with Gasteiger partial charge in [-0.1, -0.05) is 30.3 Å². The van der Waals surface area contributed by atoms with E-state index in [2.05, 4.69) is 10.3 Å². The van der Waals surface area contributed by atoms with Crippen LogP contribution in [0.25, 0.3) is 22.4 Å². The monoisotopic (exact) mass is 376 g/mol. The molecule has 0 atom stereocenters. The molecule has 6 heteroatoms. The highest BCUT2D eigenvalue weighted by Crippen LogP contribution is 2.29. The van der Waals surface area contributed by atoms with E-state index in [-0.39, 0.29) is 11.7 Å². The van der Waals surface area contributed by atoms with Gasteiger partial charge in [0, 0.05) is 16.5 Å². The van der Waals surface area contributed by atoms with Gasteiger partial charge < -0.3 is 9.15 Å². The van der Waals surface area contributed by atoms with Crippen molar-refractivity contribution in [3.8, 4) is 28.1 Å². The molecule has 1 amide bonds. The summed E-state index contributed by atoms with van der Waals surface area (Å²) in [5.41, 5.74) is 3.42. The summed E-state index contributed by atoms with van der Waals surface area (Å²) in [4.78, 5) is 17.1. The van der Waals surface area contributed by atoms with Gasteiger partial charge in [-0.2, -0.15) is 0 Å². The molecule has 0 fully saturated rings. The van der Waals surface area contributed by atoms with Gasteiger partial charge in [0.1, 0.15) is 5.75 Å². The molecule has 0 saturated carbocycles. The number of aromatic nitrogens is 1. The van der Waals surface area contributed by atoms with Gasteiger partial charge in [-0.3, -0.25) is 10.1 Å². The topological polar surface area (TPSA) is 64.4 Å². The van der Waals surface area contributed by atoms with Crippen molar-refractivity contribution < 1.29 is 13.9 Å². The Bertz CT molecular complexity index is 1050. The molecule has 5 nitrogen and oxygen atoms in total. The third-order valence-corrected chi connectivity index (χ3v) is 4.82. The van der Waals surface area contributed by atoms with Gasteiger partial charge in [0.15, 0.2) is 10.9 Å². The first-order chi connectivity index (χ1) is 13.2. The number of hydrogen-bond acceptors (Lipinski definition) is 5. The molecule has 27 heavy (non-hydrogen) atoms. The molecule has 1 N–H and O–H groups in total. The van der Waals surface area contributed by atoms with Crippen LogP contribution in [0.3, 0.4) is 0 Å². The smallest absolute Gasteiger partial charge is 0.293 e. The normalized spacial score (nSPS) is 10.6. The maximum Gasteiger partial charge on any atom is 0.293 e. The minimum Gasteiger partial charge on any atom is -0.497 e. The lowest BCUT2D eigenvalue weighted by atomic mass is 10.1. The number of hydrogen-bond donors (Lipinski definition) is 1. The zero-order valence-electron chi connectivity index (χ0n) is 14.5. The summed E-state index contributed by atoms with van der Waals surface area (Å²) in [5, 5.41) is 5.23. The lowest BCUT2D eigenvalue weighted by molar-refractivity contribution is 0.0997. The molecule has 0 saturated heterocycles.